The Hall–Kier alpha value is -2.29. The molecule has 0 N–H and O–H groups in total. The number of benzene rings is 2. The van der Waals surface area contributed by atoms with Crippen molar-refractivity contribution in [2.75, 3.05) is 7.11 Å². The van der Waals surface area contributed by atoms with Crippen LogP contribution in [-0.2, 0) is 12.0 Å². The molecule has 0 fully saturated rings. The highest BCUT2D eigenvalue weighted by molar-refractivity contribution is 5.80. The molecule has 116 valence electrons. The van der Waals surface area contributed by atoms with Crippen molar-refractivity contribution in [3.05, 3.63) is 59.2 Å². The first-order valence-corrected chi connectivity index (χ1v) is 7.30. The summed E-state index contributed by atoms with van der Waals surface area (Å²) in [6.45, 7) is 6.74. The molecule has 0 atom stereocenters. The van der Waals surface area contributed by atoms with Crippen molar-refractivity contribution < 1.29 is 14.3 Å². The van der Waals surface area contributed by atoms with E-state index in [1.54, 1.807) is 13.2 Å². The van der Waals surface area contributed by atoms with Crippen LogP contribution in [0.25, 0.3) is 0 Å². The monoisotopic (exact) mass is 298 g/mol. The third-order valence-corrected chi connectivity index (χ3v) is 3.52. The molecule has 2 rings (SSSR count). The van der Waals surface area contributed by atoms with Crippen LogP contribution in [0.1, 0.15) is 42.3 Å². The number of ether oxygens (including phenoxy) is 2. The topological polar surface area (TPSA) is 35.5 Å². The fourth-order valence-corrected chi connectivity index (χ4v) is 2.28. The summed E-state index contributed by atoms with van der Waals surface area (Å²) in [6.07, 6.45) is 0.846. The Morgan fingerprint density at radius 3 is 2.27 bits per heavy atom. The maximum atomic E-state index is 11.3. The van der Waals surface area contributed by atoms with Crippen molar-refractivity contribution in [3.63, 3.8) is 0 Å². The minimum absolute atomic E-state index is 0.0890. The maximum absolute atomic E-state index is 11.3. The Morgan fingerprint density at radius 2 is 1.73 bits per heavy atom. The van der Waals surface area contributed by atoms with Gasteiger partial charge in [0.15, 0.2) is 6.29 Å². The van der Waals surface area contributed by atoms with E-state index in [4.69, 9.17) is 9.47 Å². The normalized spacial score (nSPS) is 11.1. The fraction of sp³-hybridized carbons (Fsp3) is 0.316. The second-order valence-electron chi connectivity index (χ2n) is 6.23. The van der Waals surface area contributed by atoms with Gasteiger partial charge in [-0.3, -0.25) is 4.79 Å². The van der Waals surface area contributed by atoms with E-state index in [2.05, 4.69) is 20.8 Å². The van der Waals surface area contributed by atoms with E-state index in [1.165, 1.54) is 0 Å². The zero-order valence-corrected chi connectivity index (χ0v) is 13.6. The van der Waals surface area contributed by atoms with Crippen molar-refractivity contribution in [1.82, 2.24) is 0 Å². The SMILES string of the molecule is COc1ccc(COc2c(C=O)cccc2C(C)(C)C)cc1. The molecular weight excluding hydrogens is 276 g/mol. The fourth-order valence-electron chi connectivity index (χ4n) is 2.28. The second kappa shape index (κ2) is 6.65. The second-order valence-corrected chi connectivity index (χ2v) is 6.23. The molecule has 0 aliphatic carbocycles. The first-order chi connectivity index (χ1) is 10.5. The number of hydrogen-bond donors (Lipinski definition) is 0. The highest BCUT2D eigenvalue weighted by Gasteiger charge is 2.21. The van der Waals surface area contributed by atoms with Gasteiger partial charge < -0.3 is 9.47 Å². The molecule has 0 saturated carbocycles. The molecule has 0 saturated heterocycles. The van der Waals surface area contributed by atoms with Crippen LogP contribution in [0.3, 0.4) is 0 Å². The highest BCUT2D eigenvalue weighted by atomic mass is 16.5. The number of hydrogen-bond acceptors (Lipinski definition) is 3. The molecule has 0 heterocycles. The van der Waals surface area contributed by atoms with Crippen LogP contribution in [0, 0.1) is 0 Å². The highest BCUT2D eigenvalue weighted by Crippen LogP contribution is 2.34. The van der Waals surface area contributed by atoms with Crippen molar-refractivity contribution in [2.24, 2.45) is 0 Å². The summed E-state index contributed by atoms with van der Waals surface area (Å²) < 4.78 is 11.1. The molecule has 3 nitrogen and oxygen atoms in total. The Kier molecular flexibility index (Phi) is 4.86. The maximum Gasteiger partial charge on any atom is 0.153 e. The first-order valence-electron chi connectivity index (χ1n) is 7.30. The van der Waals surface area contributed by atoms with Crippen LogP contribution in [0.5, 0.6) is 11.5 Å². The van der Waals surface area contributed by atoms with Crippen LogP contribution >= 0.6 is 0 Å². The number of methoxy groups -OCH3 is 1. The summed E-state index contributed by atoms with van der Waals surface area (Å²) in [5, 5.41) is 0. The smallest absolute Gasteiger partial charge is 0.153 e. The van der Waals surface area contributed by atoms with E-state index < -0.39 is 0 Å². The minimum Gasteiger partial charge on any atom is -0.497 e. The van der Waals surface area contributed by atoms with Gasteiger partial charge in [-0.25, -0.2) is 0 Å². The molecule has 0 radical (unpaired) electrons. The molecule has 22 heavy (non-hydrogen) atoms. The minimum atomic E-state index is -0.0890. The lowest BCUT2D eigenvalue weighted by molar-refractivity contribution is 0.111. The van der Waals surface area contributed by atoms with Gasteiger partial charge in [-0.05, 0) is 29.2 Å². The summed E-state index contributed by atoms with van der Waals surface area (Å²) in [6, 6.07) is 13.4. The van der Waals surface area contributed by atoms with Gasteiger partial charge in [-0.15, -0.1) is 0 Å². The van der Waals surface area contributed by atoms with Crippen LogP contribution < -0.4 is 9.47 Å². The molecule has 0 unspecified atom stereocenters. The Bertz CT molecular complexity index is 637. The van der Waals surface area contributed by atoms with Gasteiger partial charge in [0, 0.05) is 5.56 Å². The molecule has 0 aliphatic rings. The lowest BCUT2D eigenvalue weighted by atomic mass is 9.85. The van der Waals surface area contributed by atoms with Crippen LogP contribution in [-0.4, -0.2) is 13.4 Å². The standard InChI is InChI=1S/C19H22O3/c1-19(2,3)17-7-5-6-15(12-20)18(17)22-13-14-8-10-16(21-4)11-9-14/h5-12H,13H2,1-4H3. The zero-order valence-electron chi connectivity index (χ0n) is 13.6. The summed E-state index contributed by atoms with van der Waals surface area (Å²) in [5.41, 5.74) is 2.56. The first kappa shape index (κ1) is 16.1. The van der Waals surface area contributed by atoms with E-state index in [9.17, 15) is 4.79 Å². The van der Waals surface area contributed by atoms with E-state index in [0.717, 1.165) is 23.2 Å². The molecule has 0 aliphatic heterocycles. The number of rotatable bonds is 5. The van der Waals surface area contributed by atoms with Crippen LogP contribution in [0.4, 0.5) is 0 Å². The van der Waals surface area contributed by atoms with Crippen molar-refractivity contribution in [3.8, 4) is 11.5 Å². The average molecular weight is 298 g/mol. The van der Waals surface area contributed by atoms with Gasteiger partial charge in [0.05, 0.1) is 12.7 Å². The van der Waals surface area contributed by atoms with Gasteiger partial charge in [0.2, 0.25) is 0 Å². The van der Waals surface area contributed by atoms with Crippen molar-refractivity contribution in [1.29, 1.82) is 0 Å². The molecule has 2 aromatic rings. The van der Waals surface area contributed by atoms with Crippen LogP contribution in [0.15, 0.2) is 42.5 Å². The quantitative estimate of drug-likeness (QED) is 0.768. The van der Waals surface area contributed by atoms with Gasteiger partial charge in [0.1, 0.15) is 18.1 Å². The molecule has 3 heteroatoms. The van der Waals surface area contributed by atoms with Gasteiger partial charge in [0.25, 0.3) is 0 Å². The van der Waals surface area contributed by atoms with Crippen LogP contribution in [0.2, 0.25) is 0 Å². The van der Waals surface area contributed by atoms with Gasteiger partial charge in [-0.2, -0.15) is 0 Å². The summed E-state index contributed by atoms with van der Waals surface area (Å²) in [5.74, 6) is 1.48. The Labute approximate surface area is 131 Å². The molecule has 0 aromatic heterocycles. The summed E-state index contributed by atoms with van der Waals surface area (Å²) >= 11 is 0. The molecular formula is C19H22O3. The number of carbonyl (C=O) groups excluding carboxylic acids is 1. The molecule has 0 bridgehead atoms. The van der Waals surface area contributed by atoms with Crippen molar-refractivity contribution in [2.45, 2.75) is 32.8 Å². The largest absolute Gasteiger partial charge is 0.497 e. The Balaban J connectivity index is 2.26. The van der Waals surface area contributed by atoms with Gasteiger partial charge >= 0.3 is 0 Å². The Morgan fingerprint density at radius 1 is 1.05 bits per heavy atom. The predicted octanol–water partition coefficient (Wildman–Crippen LogP) is 4.38. The molecule has 0 spiro atoms. The number of para-hydroxylation sites is 1. The summed E-state index contributed by atoms with van der Waals surface area (Å²) in [4.78, 5) is 11.3. The van der Waals surface area contributed by atoms with E-state index in [-0.39, 0.29) is 5.41 Å². The average Bonchev–Trinajstić information content (AvgIpc) is 2.52. The van der Waals surface area contributed by atoms with E-state index in [0.29, 0.717) is 17.9 Å². The van der Waals surface area contributed by atoms with E-state index >= 15 is 0 Å². The van der Waals surface area contributed by atoms with Gasteiger partial charge in [-0.1, -0.05) is 45.0 Å². The van der Waals surface area contributed by atoms with Crippen molar-refractivity contribution >= 4 is 6.29 Å². The number of carbonyl (C=O) groups is 1. The number of aldehydes is 1. The zero-order chi connectivity index (χ0) is 16.2. The lowest BCUT2D eigenvalue weighted by Gasteiger charge is -2.23. The molecule has 2 aromatic carbocycles. The lowest BCUT2D eigenvalue weighted by Crippen LogP contribution is -2.14. The summed E-state index contributed by atoms with van der Waals surface area (Å²) in [7, 11) is 1.64. The molecule has 0 amide bonds. The van der Waals surface area contributed by atoms with E-state index in [1.807, 2.05) is 36.4 Å². The third kappa shape index (κ3) is 3.67. The predicted molar refractivity (Wildman–Crippen MR) is 87.9 cm³/mol. The third-order valence-electron chi connectivity index (χ3n) is 3.52.